The lowest BCUT2D eigenvalue weighted by atomic mass is 9.86. The lowest BCUT2D eigenvalue weighted by molar-refractivity contribution is -0.135. The van der Waals surface area contributed by atoms with Crippen LogP contribution in [0.25, 0.3) is 0 Å². The van der Waals surface area contributed by atoms with E-state index in [-0.39, 0.29) is 18.5 Å². The highest BCUT2D eigenvalue weighted by atomic mass is 16.5. The third kappa shape index (κ3) is 4.73. The number of urea groups is 1. The number of rotatable bonds is 8. The van der Waals surface area contributed by atoms with Gasteiger partial charge in [0.15, 0.2) is 0 Å². The summed E-state index contributed by atoms with van der Waals surface area (Å²) in [5.74, 6) is 2.57. The van der Waals surface area contributed by atoms with E-state index >= 15 is 0 Å². The quantitative estimate of drug-likeness (QED) is 0.534. The Morgan fingerprint density at radius 3 is 1.57 bits per heavy atom. The molecule has 35 heavy (non-hydrogen) atoms. The fourth-order valence-electron chi connectivity index (χ4n) is 4.97. The lowest BCUT2D eigenvalue weighted by Gasteiger charge is -2.40. The minimum absolute atomic E-state index is 0.144. The molecule has 2 aliphatic rings. The van der Waals surface area contributed by atoms with E-state index in [4.69, 9.17) is 18.9 Å². The molecule has 1 spiro atoms. The largest absolute Gasteiger partial charge is 0.497 e. The second-order valence-corrected chi connectivity index (χ2v) is 8.98. The summed E-state index contributed by atoms with van der Waals surface area (Å²) in [7, 11) is 8.14. The smallest absolute Gasteiger partial charge is 0.327 e. The molecule has 0 atom stereocenters. The van der Waals surface area contributed by atoms with E-state index in [9.17, 15) is 9.59 Å². The molecule has 2 aromatic carbocycles. The summed E-state index contributed by atoms with van der Waals surface area (Å²) in [6.07, 6.45) is 1.15. The molecule has 188 valence electrons. The topological polar surface area (TPSA) is 80.8 Å². The van der Waals surface area contributed by atoms with Crippen molar-refractivity contribution < 1.29 is 28.5 Å². The SMILES string of the molecule is COc1cc(CN2CCC3(CC2)C(=O)N(Cc2cc(OC)cc(OC)c2)C(=O)N3C)cc(OC)c1. The van der Waals surface area contributed by atoms with Crippen molar-refractivity contribution in [3.63, 3.8) is 0 Å². The number of carbonyl (C=O) groups is 2. The van der Waals surface area contributed by atoms with E-state index in [1.165, 1.54) is 4.90 Å². The van der Waals surface area contributed by atoms with Gasteiger partial charge in [-0.15, -0.1) is 0 Å². The standard InChI is InChI=1S/C26H33N3O6/c1-27-25(31)29(17-19-12-22(34-4)15-23(13-19)35-5)24(30)26(27)6-8-28(9-7-26)16-18-10-20(32-2)14-21(11-18)33-3/h10-15H,6-9,16-17H2,1-5H3. The Labute approximate surface area is 206 Å². The molecular weight excluding hydrogens is 450 g/mol. The van der Waals surface area contributed by atoms with Gasteiger partial charge < -0.3 is 23.8 Å². The van der Waals surface area contributed by atoms with Crippen LogP contribution in [0.4, 0.5) is 4.79 Å². The molecule has 2 saturated heterocycles. The molecule has 0 bridgehead atoms. The summed E-state index contributed by atoms with van der Waals surface area (Å²) in [4.78, 5) is 32.0. The van der Waals surface area contributed by atoms with Crippen molar-refractivity contribution in [2.75, 3.05) is 48.6 Å². The zero-order valence-electron chi connectivity index (χ0n) is 21.0. The van der Waals surface area contributed by atoms with Crippen LogP contribution in [0.3, 0.4) is 0 Å². The summed E-state index contributed by atoms with van der Waals surface area (Å²) in [5.41, 5.74) is 1.04. The van der Waals surface area contributed by atoms with Crippen molar-refractivity contribution in [2.24, 2.45) is 0 Å². The first-order valence-corrected chi connectivity index (χ1v) is 11.6. The Morgan fingerprint density at radius 2 is 1.14 bits per heavy atom. The number of imide groups is 1. The van der Waals surface area contributed by atoms with Gasteiger partial charge in [-0.2, -0.15) is 0 Å². The predicted octanol–water partition coefficient (Wildman–Crippen LogP) is 3.15. The maximum absolute atomic E-state index is 13.6. The third-order valence-electron chi connectivity index (χ3n) is 7.06. The highest BCUT2D eigenvalue weighted by molar-refractivity contribution is 6.07. The minimum atomic E-state index is -0.817. The number of likely N-dealkylation sites (N-methyl/N-ethyl adjacent to an activating group) is 1. The minimum Gasteiger partial charge on any atom is -0.497 e. The molecule has 0 radical (unpaired) electrons. The van der Waals surface area contributed by atoms with Crippen molar-refractivity contribution in [2.45, 2.75) is 31.5 Å². The zero-order valence-corrected chi connectivity index (χ0v) is 21.0. The Balaban J connectivity index is 1.46. The van der Waals surface area contributed by atoms with Gasteiger partial charge in [-0.25, -0.2) is 4.79 Å². The van der Waals surface area contributed by atoms with E-state index < -0.39 is 5.54 Å². The van der Waals surface area contributed by atoms with Crippen LogP contribution in [0.5, 0.6) is 23.0 Å². The predicted molar refractivity (Wildman–Crippen MR) is 130 cm³/mol. The van der Waals surface area contributed by atoms with Gasteiger partial charge >= 0.3 is 6.03 Å². The van der Waals surface area contributed by atoms with E-state index in [1.54, 1.807) is 46.5 Å². The summed E-state index contributed by atoms with van der Waals surface area (Å²) >= 11 is 0. The van der Waals surface area contributed by atoms with Crippen molar-refractivity contribution >= 4 is 11.9 Å². The Kier molecular flexibility index (Phi) is 7.07. The molecule has 2 aromatic rings. The molecule has 0 aliphatic carbocycles. The van der Waals surface area contributed by atoms with Crippen molar-refractivity contribution in [3.8, 4) is 23.0 Å². The van der Waals surface area contributed by atoms with Crippen molar-refractivity contribution in [3.05, 3.63) is 47.5 Å². The number of piperidine rings is 1. The normalized spacial score (nSPS) is 17.7. The number of benzene rings is 2. The first-order chi connectivity index (χ1) is 16.8. The average molecular weight is 484 g/mol. The van der Waals surface area contributed by atoms with Crippen molar-refractivity contribution in [1.29, 1.82) is 0 Å². The first-order valence-electron chi connectivity index (χ1n) is 11.6. The number of methoxy groups -OCH3 is 4. The lowest BCUT2D eigenvalue weighted by Crippen LogP contribution is -2.55. The second-order valence-electron chi connectivity index (χ2n) is 8.98. The number of hydrogen-bond acceptors (Lipinski definition) is 7. The van der Waals surface area contributed by atoms with Gasteiger partial charge in [0.2, 0.25) is 0 Å². The van der Waals surface area contributed by atoms with E-state index in [0.717, 1.165) is 22.6 Å². The van der Waals surface area contributed by atoms with Crippen LogP contribution in [-0.2, 0) is 17.9 Å². The number of likely N-dealkylation sites (tertiary alicyclic amines) is 1. The number of amides is 3. The van der Waals surface area contributed by atoms with Gasteiger partial charge in [-0.05, 0) is 48.2 Å². The Bertz CT molecular complexity index is 1050. The highest BCUT2D eigenvalue weighted by Crippen LogP contribution is 2.38. The number of hydrogen-bond donors (Lipinski definition) is 0. The molecule has 2 fully saturated rings. The summed E-state index contributed by atoms with van der Waals surface area (Å²) < 4.78 is 21.4. The average Bonchev–Trinajstić information content (AvgIpc) is 3.05. The van der Waals surface area contributed by atoms with Gasteiger partial charge in [0.25, 0.3) is 5.91 Å². The van der Waals surface area contributed by atoms with Crippen LogP contribution in [0.1, 0.15) is 24.0 Å². The van der Waals surface area contributed by atoms with E-state index in [0.29, 0.717) is 44.0 Å². The Morgan fingerprint density at radius 1 is 0.714 bits per heavy atom. The summed E-state index contributed by atoms with van der Waals surface area (Å²) in [6, 6.07) is 11.0. The summed E-state index contributed by atoms with van der Waals surface area (Å²) in [5, 5.41) is 0. The molecule has 9 heteroatoms. The van der Waals surface area contributed by atoms with Gasteiger partial charge in [0.05, 0.1) is 35.0 Å². The third-order valence-corrected chi connectivity index (χ3v) is 7.06. The number of carbonyl (C=O) groups excluding carboxylic acids is 2. The summed E-state index contributed by atoms with van der Waals surface area (Å²) in [6.45, 7) is 2.28. The highest BCUT2D eigenvalue weighted by Gasteiger charge is 2.56. The maximum atomic E-state index is 13.6. The molecule has 3 amide bonds. The fraction of sp³-hybridized carbons (Fsp3) is 0.462. The van der Waals surface area contributed by atoms with Gasteiger partial charge in [0.1, 0.15) is 28.5 Å². The number of ether oxygens (including phenoxy) is 4. The van der Waals surface area contributed by atoms with Crippen LogP contribution in [-0.4, -0.2) is 80.8 Å². The molecule has 0 saturated carbocycles. The van der Waals surface area contributed by atoms with E-state index in [2.05, 4.69) is 4.90 Å². The number of nitrogens with zero attached hydrogens (tertiary/aromatic N) is 3. The fourth-order valence-corrected chi connectivity index (χ4v) is 4.97. The molecule has 2 aliphatic heterocycles. The molecule has 9 nitrogen and oxygen atoms in total. The van der Waals surface area contributed by atoms with Crippen LogP contribution in [0.2, 0.25) is 0 Å². The molecule has 0 aromatic heterocycles. The van der Waals surface area contributed by atoms with E-state index in [1.807, 2.05) is 30.3 Å². The van der Waals surface area contributed by atoms with Crippen LogP contribution < -0.4 is 18.9 Å². The van der Waals surface area contributed by atoms with Crippen LogP contribution >= 0.6 is 0 Å². The molecule has 0 N–H and O–H groups in total. The molecular formula is C26H33N3O6. The zero-order chi connectivity index (χ0) is 25.2. The monoisotopic (exact) mass is 483 g/mol. The van der Waals surface area contributed by atoms with Crippen LogP contribution in [0, 0.1) is 0 Å². The van der Waals surface area contributed by atoms with Gasteiger partial charge in [-0.1, -0.05) is 0 Å². The molecule has 0 unspecified atom stereocenters. The molecule has 4 rings (SSSR count). The van der Waals surface area contributed by atoms with Gasteiger partial charge in [-0.3, -0.25) is 14.6 Å². The maximum Gasteiger partial charge on any atom is 0.327 e. The van der Waals surface area contributed by atoms with Crippen molar-refractivity contribution in [1.82, 2.24) is 14.7 Å². The van der Waals surface area contributed by atoms with Crippen LogP contribution in [0.15, 0.2) is 36.4 Å². The second kappa shape index (κ2) is 10.0. The Hall–Kier alpha value is -3.46. The van der Waals surface area contributed by atoms with Gasteiger partial charge in [0, 0.05) is 38.8 Å². The molecule has 2 heterocycles. The first kappa shape index (κ1) is 24.7.